The van der Waals surface area contributed by atoms with Gasteiger partial charge in [0, 0.05) is 30.8 Å². The largest absolute Gasteiger partial charge is 0.493 e. The van der Waals surface area contributed by atoms with Gasteiger partial charge in [0.1, 0.15) is 0 Å². The average Bonchev–Trinajstić information content (AvgIpc) is 3.60. The first-order valence-corrected chi connectivity index (χ1v) is 12.3. The maximum atomic E-state index is 13.2. The van der Waals surface area contributed by atoms with E-state index in [1.54, 1.807) is 19.1 Å². The Morgan fingerprint density at radius 3 is 2.44 bits per heavy atom. The lowest BCUT2D eigenvalue weighted by Gasteiger charge is -2.23. The van der Waals surface area contributed by atoms with Crippen LogP contribution in [0.15, 0.2) is 54.7 Å². The Morgan fingerprint density at radius 1 is 1.08 bits per heavy atom. The van der Waals surface area contributed by atoms with E-state index < -0.39 is 0 Å². The highest BCUT2D eigenvalue weighted by atomic mass is 16.5. The molecule has 0 radical (unpaired) electrons. The van der Waals surface area contributed by atoms with Crippen molar-refractivity contribution >= 4 is 17.8 Å². The van der Waals surface area contributed by atoms with Crippen LogP contribution < -0.4 is 14.8 Å². The number of methoxy groups -OCH3 is 2. The van der Waals surface area contributed by atoms with Gasteiger partial charge in [-0.2, -0.15) is 0 Å². The van der Waals surface area contributed by atoms with Crippen LogP contribution in [-0.2, 0) is 9.59 Å². The summed E-state index contributed by atoms with van der Waals surface area (Å²) in [5.41, 5.74) is 2.39. The van der Waals surface area contributed by atoms with Crippen LogP contribution in [0, 0.1) is 11.8 Å². The number of nitrogens with one attached hydrogen (secondary N) is 1. The van der Waals surface area contributed by atoms with Crippen molar-refractivity contribution in [1.29, 1.82) is 0 Å². The molecule has 8 nitrogen and oxygen atoms in total. The van der Waals surface area contributed by atoms with Gasteiger partial charge in [-0.1, -0.05) is 44.2 Å². The number of hydrogen-bond donors (Lipinski definition) is 1. The third-order valence-corrected chi connectivity index (χ3v) is 6.12. The molecule has 4 rings (SSSR count). The molecule has 0 spiro atoms. The van der Waals surface area contributed by atoms with Gasteiger partial charge in [-0.05, 0) is 36.8 Å². The van der Waals surface area contributed by atoms with Crippen LogP contribution in [0.1, 0.15) is 33.1 Å². The van der Waals surface area contributed by atoms with Gasteiger partial charge >= 0.3 is 0 Å². The molecule has 8 heteroatoms. The average molecular weight is 491 g/mol. The van der Waals surface area contributed by atoms with Crippen molar-refractivity contribution in [3.8, 4) is 28.4 Å². The van der Waals surface area contributed by atoms with E-state index >= 15 is 0 Å². The Hall–Kier alpha value is -3.81. The minimum Gasteiger partial charge on any atom is -0.493 e. The maximum absolute atomic E-state index is 13.2. The van der Waals surface area contributed by atoms with Crippen LogP contribution in [0.25, 0.3) is 16.9 Å². The van der Waals surface area contributed by atoms with Crippen molar-refractivity contribution in [1.82, 2.24) is 14.5 Å². The minimum atomic E-state index is -0.278. The number of hydrogen-bond acceptors (Lipinski definition) is 5. The van der Waals surface area contributed by atoms with E-state index in [1.807, 2.05) is 73.1 Å². The lowest BCUT2D eigenvalue weighted by atomic mass is 10.1. The molecule has 36 heavy (non-hydrogen) atoms. The van der Waals surface area contributed by atoms with Gasteiger partial charge < -0.3 is 14.4 Å². The summed E-state index contributed by atoms with van der Waals surface area (Å²) in [5.74, 6) is 2.01. The Labute approximate surface area is 212 Å². The number of benzene rings is 2. The number of aromatic nitrogens is 2. The van der Waals surface area contributed by atoms with Gasteiger partial charge in [0.25, 0.3) is 0 Å². The second kappa shape index (κ2) is 11.3. The van der Waals surface area contributed by atoms with Gasteiger partial charge in [0.15, 0.2) is 11.5 Å². The lowest BCUT2D eigenvalue weighted by Crippen LogP contribution is -2.40. The number of nitrogens with zero attached hydrogens (tertiary/aromatic N) is 3. The number of anilines is 1. The van der Waals surface area contributed by atoms with Crippen molar-refractivity contribution in [3.63, 3.8) is 0 Å². The van der Waals surface area contributed by atoms with E-state index in [-0.39, 0.29) is 24.3 Å². The first kappa shape index (κ1) is 25.3. The highest BCUT2D eigenvalue weighted by Crippen LogP contribution is 2.32. The number of imidazole rings is 1. The first-order chi connectivity index (χ1) is 17.4. The van der Waals surface area contributed by atoms with Crippen LogP contribution in [0.4, 0.5) is 5.95 Å². The molecule has 190 valence electrons. The molecule has 2 aromatic carbocycles. The van der Waals surface area contributed by atoms with E-state index in [4.69, 9.17) is 14.5 Å². The highest BCUT2D eigenvalue weighted by molar-refractivity contribution is 5.94. The first-order valence-electron chi connectivity index (χ1n) is 12.3. The molecular weight excluding hydrogens is 456 g/mol. The summed E-state index contributed by atoms with van der Waals surface area (Å²) < 4.78 is 12.7. The molecule has 1 fully saturated rings. The zero-order valence-corrected chi connectivity index (χ0v) is 21.4. The lowest BCUT2D eigenvalue weighted by molar-refractivity contribution is -0.135. The van der Waals surface area contributed by atoms with E-state index in [9.17, 15) is 9.59 Å². The van der Waals surface area contributed by atoms with Gasteiger partial charge in [-0.3, -0.25) is 19.5 Å². The number of carbonyl (C=O) groups is 2. The molecule has 0 bridgehead atoms. The number of amides is 2. The molecule has 1 heterocycles. The summed E-state index contributed by atoms with van der Waals surface area (Å²) in [5, 5.41) is 2.94. The Balaban J connectivity index is 1.62. The summed E-state index contributed by atoms with van der Waals surface area (Å²) in [6.45, 7) is 4.65. The molecule has 0 saturated heterocycles. The topological polar surface area (TPSA) is 85.7 Å². The molecule has 1 saturated carbocycles. The maximum Gasteiger partial charge on any atom is 0.246 e. The predicted octanol–water partition coefficient (Wildman–Crippen LogP) is 4.78. The Bertz CT molecular complexity index is 1200. The highest BCUT2D eigenvalue weighted by Gasteiger charge is 2.28. The summed E-state index contributed by atoms with van der Waals surface area (Å²) in [7, 11) is 3.16. The van der Waals surface area contributed by atoms with E-state index in [2.05, 4.69) is 5.32 Å². The van der Waals surface area contributed by atoms with Crippen LogP contribution in [0.5, 0.6) is 11.5 Å². The molecule has 3 aromatic rings. The second-order valence-electron chi connectivity index (χ2n) is 9.59. The normalized spacial score (nSPS) is 12.9. The summed E-state index contributed by atoms with van der Waals surface area (Å²) >= 11 is 0. The molecule has 1 aliphatic rings. The fourth-order valence-electron chi connectivity index (χ4n) is 4.07. The van der Waals surface area contributed by atoms with Gasteiger partial charge in [0.05, 0.1) is 32.1 Å². The third-order valence-electron chi connectivity index (χ3n) is 6.12. The predicted molar refractivity (Wildman–Crippen MR) is 139 cm³/mol. The fraction of sp³-hybridized carbons (Fsp3) is 0.393. The summed E-state index contributed by atoms with van der Waals surface area (Å²) in [4.78, 5) is 32.4. The van der Waals surface area contributed by atoms with Crippen molar-refractivity contribution in [3.05, 3.63) is 54.7 Å². The Kier molecular flexibility index (Phi) is 7.93. The zero-order valence-electron chi connectivity index (χ0n) is 21.4. The van der Waals surface area contributed by atoms with Crippen LogP contribution in [0.2, 0.25) is 0 Å². The summed E-state index contributed by atoms with van der Waals surface area (Å²) in [6.07, 6.45) is 4.52. The van der Waals surface area contributed by atoms with Crippen LogP contribution in [-0.4, -0.2) is 53.6 Å². The molecule has 0 unspecified atom stereocenters. The number of ether oxygens (including phenoxy) is 2. The van der Waals surface area contributed by atoms with Crippen molar-refractivity contribution in [2.24, 2.45) is 11.8 Å². The molecule has 0 atom stereocenters. The standard InChI is InChI=1S/C28H34N4O4/c1-19(2)14-27(34)31(16-20-10-11-20)18-26(33)30-28-29-23(21-8-6-5-7-9-21)17-32(28)22-12-13-24(35-3)25(15-22)36-4/h5-9,12-13,15,17,19-20H,10-11,14,16,18H2,1-4H3,(H,29,30,33). The van der Waals surface area contributed by atoms with Crippen LogP contribution >= 0.6 is 0 Å². The van der Waals surface area contributed by atoms with Crippen molar-refractivity contribution in [2.75, 3.05) is 32.6 Å². The zero-order chi connectivity index (χ0) is 25.7. The smallest absolute Gasteiger partial charge is 0.246 e. The molecule has 1 aromatic heterocycles. The quantitative estimate of drug-likeness (QED) is 0.418. The molecule has 2 amide bonds. The van der Waals surface area contributed by atoms with E-state index in [0.29, 0.717) is 42.0 Å². The van der Waals surface area contributed by atoms with Crippen molar-refractivity contribution < 1.29 is 19.1 Å². The van der Waals surface area contributed by atoms with Gasteiger partial charge in [0.2, 0.25) is 17.8 Å². The third kappa shape index (κ3) is 6.24. The van der Waals surface area contributed by atoms with Crippen LogP contribution in [0.3, 0.4) is 0 Å². The SMILES string of the molecule is COc1ccc(-n2cc(-c3ccccc3)nc2NC(=O)CN(CC2CC2)C(=O)CC(C)C)cc1OC. The number of carbonyl (C=O) groups excluding carboxylic acids is 2. The number of rotatable bonds is 11. The molecule has 1 aliphatic carbocycles. The van der Waals surface area contributed by atoms with Gasteiger partial charge in [-0.15, -0.1) is 0 Å². The van der Waals surface area contributed by atoms with Crippen molar-refractivity contribution in [2.45, 2.75) is 33.1 Å². The minimum absolute atomic E-state index is 0.00151. The fourth-order valence-corrected chi connectivity index (χ4v) is 4.07. The van der Waals surface area contributed by atoms with Gasteiger partial charge in [-0.25, -0.2) is 4.98 Å². The monoisotopic (exact) mass is 490 g/mol. The second-order valence-corrected chi connectivity index (χ2v) is 9.59. The molecule has 0 aliphatic heterocycles. The summed E-state index contributed by atoms with van der Waals surface area (Å²) in [6, 6.07) is 15.3. The van der Waals surface area contributed by atoms with E-state index in [0.717, 1.165) is 24.1 Å². The van der Waals surface area contributed by atoms with E-state index in [1.165, 1.54) is 0 Å². The molecular formula is C28H34N4O4. The molecule has 1 N–H and O–H groups in total. The Morgan fingerprint density at radius 2 is 1.81 bits per heavy atom.